The van der Waals surface area contributed by atoms with Crippen LogP contribution in [0.2, 0.25) is 0 Å². The van der Waals surface area contributed by atoms with Crippen LogP contribution in [0.5, 0.6) is 0 Å². The van der Waals surface area contributed by atoms with Crippen molar-refractivity contribution in [3.63, 3.8) is 0 Å². The van der Waals surface area contributed by atoms with Gasteiger partial charge >= 0.3 is 0 Å². The van der Waals surface area contributed by atoms with Gasteiger partial charge in [0.1, 0.15) is 11.6 Å². The number of halogens is 1. The number of amides is 1. The van der Waals surface area contributed by atoms with E-state index in [1.165, 1.54) is 12.3 Å². The normalized spacial score (nSPS) is 18.2. The van der Waals surface area contributed by atoms with Crippen LogP contribution in [-0.4, -0.2) is 43.4 Å². The van der Waals surface area contributed by atoms with Gasteiger partial charge in [-0.15, -0.1) is 0 Å². The minimum Gasteiger partial charge on any atom is -0.353 e. The lowest BCUT2D eigenvalue weighted by Crippen LogP contribution is -2.37. The number of rotatable bonds is 6. The second-order valence-corrected chi connectivity index (χ2v) is 8.75. The van der Waals surface area contributed by atoms with Gasteiger partial charge in [0, 0.05) is 36.5 Å². The predicted molar refractivity (Wildman–Crippen MR) is 102 cm³/mol. The Labute approximate surface area is 158 Å². The molecule has 1 atom stereocenters. The Bertz CT molecular complexity index is 933. The van der Waals surface area contributed by atoms with Crippen molar-refractivity contribution >= 4 is 21.6 Å². The number of nitrogens with zero attached hydrogens (tertiary/aromatic N) is 2. The highest BCUT2D eigenvalue weighted by Gasteiger charge is 2.32. The molecule has 1 N–H and O–H groups in total. The minimum atomic E-state index is -3.01. The zero-order chi connectivity index (χ0) is 19.4. The molecule has 8 heteroatoms. The fourth-order valence-corrected chi connectivity index (χ4v) is 5.00. The van der Waals surface area contributed by atoms with Crippen molar-refractivity contribution in [2.75, 3.05) is 23.0 Å². The quantitative estimate of drug-likeness (QED) is 0.816. The number of pyridine rings is 1. The Morgan fingerprint density at radius 2 is 2.11 bits per heavy atom. The Kier molecular flexibility index (Phi) is 5.74. The molecule has 2 aromatic rings. The molecule has 0 bridgehead atoms. The molecule has 1 fully saturated rings. The summed E-state index contributed by atoms with van der Waals surface area (Å²) in [6, 6.07) is 9.37. The van der Waals surface area contributed by atoms with Crippen LogP contribution in [0.1, 0.15) is 29.3 Å². The number of aromatic nitrogens is 1. The molecule has 1 saturated heterocycles. The maximum absolute atomic E-state index is 13.7. The Morgan fingerprint density at radius 3 is 2.78 bits per heavy atom. The number of sulfone groups is 1. The Balaban J connectivity index is 1.72. The number of benzene rings is 1. The van der Waals surface area contributed by atoms with Gasteiger partial charge in [-0.3, -0.25) is 4.79 Å². The summed E-state index contributed by atoms with van der Waals surface area (Å²) in [4.78, 5) is 18.7. The monoisotopic (exact) mass is 391 g/mol. The standard InChI is InChI=1S/C19H22FN3O3S/c1-2-23(16-8-10-27(25,26)13-16)18-11-14(7-9-21-18)19(24)22-12-15-5-3-4-6-17(15)20/h3-7,9,11,16H,2,8,10,12-13H2,1H3,(H,22,24). The molecule has 1 aromatic carbocycles. The number of hydrogen-bond acceptors (Lipinski definition) is 5. The van der Waals surface area contributed by atoms with Crippen LogP contribution in [0.4, 0.5) is 10.2 Å². The number of hydrogen-bond donors (Lipinski definition) is 1. The highest BCUT2D eigenvalue weighted by Crippen LogP contribution is 2.23. The summed E-state index contributed by atoms with van der Waals surface area (Å²) in [6.07, 6.45) is 2.08. The van der Waals surface area contributed by atoms with Gasteiger partial charge < -0.3 is 10.2 Å². The zero-order valence-corrected chi connectivity index (χ0v) is 15.9. The van der Waals surface area contributed by atoms with Gasteiger partial charge in [0.05, 0.1) is 11.5 Å². The second-order valence-electron chi connectivity index (χ2n) is 6.52. The molecule has 6 nitrogen and oxygen atoms in total. The predicted octanol–water partition coefficient (Wildman–Crippen LogP) is 2.16. The Hall–Kier alpha value is -2.48. The topological polar surface area (TPSA) is 79.4 Å². The van der Waals surface area contributed by atoms with Gasteiger partial charge in [-0.2, -0.15) is 0 Å². The summed E-state index contributed by atoms with van der Waals surface area (Å²) in [7, 11) is -3.01. The van der Waals surface area contributed by atoms with Gasteiger partial charge in [0.2, 0.25) is 0 Å². The van der Waals surface area contributed by atoms with Gasteiger partial charge in [0.15, 0.2) is 9.84 Å². The van der Waals surface area contributed by atoms with E-state index in [0.29, 0.717) is 29.9 Å². The molecule has 2 heterocycles. The molecule has 0 spiro atoms. The molecular weight excluding hydrogens is 369 g/mol. The van der Waals surface area contributed by atoms with E-state index in [1.54, 1.807) is 30.3 Å². The smallest absolute Gasteiger partial charge is 0.251 e. The lowest BCUT2D eigenvalue weighted by atomic mass is 10.1. The lowest BCUT2D eigenvalue weighted by molar-refractivity contribution is 0.0950. The first kappa shape index (κ1) is 19.3. The van der Waals surface area contributed by atoms with Crippen LogP contribution < -0.4 is 10.2 Å². The van der Waals surface area contributed by atoms with Crippen LogP contribution >= 0.6 is 0 Å². The summed E-state index contributed by atoms with van der Waals surface area (Å²) in [5, 5.41) is 2.70. The highest BCUT2D eigenvalue weighted by molar-refractivity contribution is 7.91. The molecule has 3 rings (SSSR count). The van der Waals surface area contributed by atoms with E-state index in [0.717, 1.165) is 0 Å². The van der Waals surface area contributed by atoms with Crippen molar-refractivity contribution in [3.05, 3.63) is 59.5 Å². The summed E-state index contributed by atoms with van der Waals surface area (Å²) >= 11 is 0. The molecule has 144 valence electrons. The summed E-state index contributed by atoms with van der Waals surface area (Å²) in [5.41, 5.74) is 0.808. The van der Waals surface area contributed by atoms with Crippen molar-refractivity contribution in [3.8, 4) is 0 Å². The molecular formula is C19H22FN3O3S. The van der Waals surface area contributed by atoms with E-state index in [1.807, 2.05) is 11.8 Å². The lowest BCUT2D eigenvalue weighted by Gasteiger charge is -2.28. The Morgan fingerprint density at radius 1 is 1.33 bits per heavy atom. The number of nitrogens with one attached hydrogen (secondary N) is 1. The van der Waals surface area contributed by atoms with E-state index in [-0.39, 0.29) is 35.8 Å². The van der Waals surface area contributed by atoms with Crippen LogP contribution in [0, 0.1) is 5.82 Å². The van der Waals surface area contributed by atoms with E-state index in [2.05, 4.69) is 10.3 Å². The second kappa shape index (κ2) is 8.04. The molecule has 0 aliphatic carbocycles. The average Bonchev–Trinajstić information content (AvgIpc) is 3.01. The van der Waals surface area contributed by atoms with Gasteiger partial charge in [-0.1, -0.05) is 18.2 Å². The SMILES string of the molecule is CCN(c1cc(C(=O)NCc2ccccc2F)ccn1)C1CCS(=O)(=O)C1. The number of carbonyl (C=O) groups excluding carboxylic acids is 1. The van der Waals surface area contributed by atoms with E-state index in [4.69, 9.17) is 0 Å². The fraction of sp³-hybridized carbons (Fsp3) is 0.368. The van der Waals surface area contributed by atoms with E-state index >= 15 is 0 Å². The van der Waals surface area contributed by atoms with Crippen LogP contribution in [-0.2, 0) is 16.4 Å². The molecule has 1 unspecified atom stereocenters. The zero-order valence-electron chi connectivity index (χ0n) is 15.1. The fourth-order valence-electron chi connectivity index (χ4n) is 3.26. The van der Waals surface area contributed by atoms with Gasteiger partial charge in [-0.25, -0.2) is 17.8 Å². The molecule has 1 amide bonds. The van der Waals surface area contributed by atoms with Crippen LogP contribution in [0.15, 0.2) is 42.6 Å². The molecule has 1 aliphatic rings. The van der Waals surface area contributed by atoms with Crippen molar-refractivity contribution in [1.82, 2.24) is 10.3 Å². The third-order valence-corrected chi connectivity index (χ3v) is 6.44. The summed E-state index contributed by atoms with van der Waals surface area (Å²) in [5.74, 6) is 0.145. The van der Waals surface area contributed by atoms with Crippen LogP contribution in [0.3, 0.4) is 0 Å². The molecule has 1 aromatic heterocycles. The summed E-state index contributed by atoms with van der Waals surface area (Å²) < 4.78 is 37.2. The first-order valence-corrected chi connectivity index (χ1v) is 10.7. The highest BCUT2D eigenvalue weighted by atomic mass is 32.2. The molecule has 0 radical (unpaired) electrons. The molecule has 27 heavy (non-hydrogen) atoms. The van der Waals surface area contributed by atoms with Gasteiger partial charge in [-0.05, 0) is 31.5 Å². The van der Waals surface area contributed by atoms with Crippen molar-refractivity contribution in [2.24, 2.45) is 0 Å². The minimum absolute atomic E-state index is 0.0848. The number of anilines is 1. The maximum Gasteiger partial charge on any atom is 0.251 e. The van der Waals surface area contributed by atoms with E-state index in [9.17, 15) is 17.6 Å². The molecule has 1 aliphatic heterocycles. The third-order valence-electron chi connectivity index (χ3n) is 4.69. The van der Waals surface area contributed by atoms with Crippen molar-refractivity contribution < 1.29 is 17.6 Å². The first-order valence-electron chi connectivity index (χ1n) is 8.84. The number of carbonyl (C=O) groups is 1. The van der Waals surface area contributed by atoms with E-state index < -0.39 is 9.84 Å². The first-order chi connectivity index (χ1) is 12.9. The maximum atomic E-state index is 13.7. The van der Waals surface area contributed by atoms with Gasteiger partial charge in [0.25, 0.3) is 5.91 Å². The third kappa shape index (κ3) is 4.63. The van der Waals surface area contributed by atoms with Crippen molar-refractivity contribution in [1.29, 1.82) is 0 Å². The summed E-state index contributed by atoms with van der Waals surface area (Å²) in [6.45, 7) is 2.60. The van der Waals surface area contributed by atoms with Crippen molar-refractivity contribution in [2.45, 2.75) is 25.9 Å². The average molecular weight is 391 g/mol. The van der Waals surface area contributed by atoms with Crippen LogP contribution in [0.25, 0.3) is 0 Å². The largest absolute Gasteiger partial charge is 0.353 e. The molecule has 0 saturated carbocycles.